The van der Waals surface area contributed by atoms with Gasteiger partial charge in [-0.1, -0.05) is 23.5 Å². The molecule has 2 aromatic heterocycles. The predicted octanol–water partition coefficient (Wildman–Crippen LogP) is 4.30. The van der Waals surface area contributed by atoms with Gasteiger partial charge in [0, 0.05) is 6.07 Å². The van der Waals surface area contributed by atoms with E-state index in [1.165, 1.54) is 11.3 Å². The molecule has 0 bridgehead atoms. The van der Waals surface area contributed by atoms with Crippen molar-refractivity contribution < 1.29 is 14.3 Å². The van der Waals surface area contributed by atoms with Gasteiger partial charge in [-0.15, -0.1) is 0 Å². The number of methoxy groups -OCH3 is 2. The molecule has 1 N–H and O–H groups in total. The second kappa shape index (κ2) is 8.16. The largest absolute Gasteiger partial charge is 0.497 e. The van der Waals surface area contributed by atoms with Crippen molar-refractivity contribution in [2.24, 2.45) is 0 Å². The first-order chi connectivity index (χ1) is 14.5. The minimum atomic E-state index is -0.122. The number of hydrogen-bond donors (Lipinski definition) is 1. The van der Waals surface area contributed by atoms with E-state index in [4.69, 9.17) is 9.47 Å². The lowest BCUT2D eigenvalue weighted by molar-refractivity contribution is -0.115. The highest BCUT2D eigenvalue weighted by Crippen LogP contribution is 2.30. The van der Waals surface area contributed by atoms with E-state index >= 15 is 0 Å². The number of nitrogens with zero attached hydrogens (tertiary/aromatic N) is 3. The number of ether oxygens (including phenoxy) is 2. The number of fused-ring (bicyclic) bond motifs is 1. The lowest BCUT2D eigenvalue weighted by atomic mass is 10.1. The Morgan fingerprint density at radius 1 is 1.10 bits per heavy atom. The maximum Gasteiger partial charge on any atom is 0.229 e. The van der Waals surface area contributed by atoms with Crippen LogP contribution in [-0.4, -0.2) is 34.9 Å². The summed E-state index contributed by atoms with van der Waals surface area (Å²) in [5.74, 6) is 2.05. The predicted molar refractivity (Wildman–Crippen MR) is 118 cm³/mol. The number of amides is 1. The van der Waals surface area contributed by atoms with Gasteiger partial charge in [0.1, 0.15) is 17.3 Å². The first-order valence-electron chi connectivity index (χ1n) is 9.42. The molecule has 0 aliphatic rings. The van der Waals surface area contributed by atoms with E-state index in [1.807, 2.05) is 56.3 Å². The summed E-state index contributed by atoms with van der Waals surface area (Å²) < 4.78 is 13.2. The van der Waals surface area contributed by atoms with E-state index in [1.54, 1.807) is 18.9 Å². The molecule has 7 nitrogen and oxygen atoms in total. The molecule has 0 aliphatic heterocycles. The molecule has 30 heavy (non-hydrogen) atoms. The van der Waals surface area contributed by atoms with Crippen molar-refractivity contribution in [2.45, 2.75) is 20.3 Å². The van der Waals surface area contributed by atoms with Gasteiger partial charge in [0.25, 0.3) is 0 Å². The van der Waals surface area contributed by atoms with Crippen LogP contribution in [-0.2, 0) is 11.2 Å². The molecule has 2 heterocycles. The Hall–Kier alpha value is -3.39. The van der Waals surface area contributed by atoms with Crippen LogP contribution in [0.3, 0.4) is 0 Å². The Kier molecular flexibility index (Phi) is 5.41. The fourth-order valence-corrected chi connectivity index (χ4v) is 4.23. The second-order valence-corrected chi connectivity index (χ2v) is 7.95. The van der Waals surface area contributed by atoms with Gasteiger partial charge in [0.2, 0.25) is 11.0 Å². The molecular weight excluding hydrogens is 400 g/mol. The maximum atomic E-state index is 12.7. The fourth-order valence-electron chi connectivity index (χ4n) is 3.27. The number of benzene rings is 2. The molecular formula is C22H22N4O3S. The number of hydrogen-bond acceptors (Lipinski definition) is 6. The standard InChI is InChI=1S/C22H22N4O3S/c1-13-9-15(5-8-18(13)29-4)11-21(27)24-20-10-14(2)25-26(20)22-23-17-7-6-16(28-3)12-19(17)30-22/h5-10,12H,11H2,1-4H3,(H,24,27). The number of aromatic nitrogens is 3. The number of rotatable bonds is 6. The molecule has 0 aliphatic carbocycles. The summed E-state index contributed by atoms with van der Waals surface area (Å²) in [6.07, 6.45) is 0.256. The van der Waals surface area contributed by atoms with Crippen LogP contribution in [0.4, 0.5) is 5.82 Å². The monoisotopic (exact) mass is 422 g/mol. The number of aryl methyl sites for hydroxylation is 2. The van der Waals surface area contributed by atoms with E-state index in [9.17, 15) is 4.79 Å². The Morgan fingerprint density at radius 2 is 1.93 bits per heavy atom. The Balaban J connectivity index is 1.57. The van der Waals surface area contributed by atoms with E-state index in [2.05, 4.69) is 15.4 Å². The molecule has 0 radical (unpaired) electrons. The Labute approximate surface area is 178 Å². The number of nitrogens with one attached hydrogen (secondary N) is 1. The third kappa shape index (κ3) is 3.99. The third-order valence-electron chi connectivity index (χ3n) is 4.69. The summed E-state index contributed by atoms with van der Waals surface area (Å²) in [4.78, 5) is 17.3. The van der Waals surface area contributed by atoms with Gasteiger partial charge in [-0.2, -0.15) is 9.78 Å². The van der Waals surface area contributed by atoms with Crippen molar-refractivity contribution >= 4 is 33.3 Å². The quantitative estimate of drug-likeness (QED) is 0.501. The van der Waals surface area contributed by atoms with Gasteiger partial charge in [-0.3, -0.25) is 4.79 Å². The van der Waals surface area contributed by atoms with E-state index in [-0.39, 0.29) is 12.3 Å². The molecule has 0 fully saturated rings. The van der Waals surface area contributed by atoms with Gasteiger partial charge in [0.05, 0.1) is 36.6 Å². The molecule has 4 rings (SSSR count). The number of thiazole rings is 1. The van der Waals surface area contributed by atoms with Crippen molar-refractivity contribution in [3.8, 4) is 16.6 Å². The minimum Gasteiger partial charge on any atom is -0.497 e. The van der Waals surface area contributed by atoms with Gasteiger partial charge in [0.15, 0.2) is 0 Å². The average molecular weight is 423 g/mol. The van der Waals surface area contributed by atoms with Crippen molar-refractivity contribution in [1.82, 2.24) is 14.8 Å². The number of carbonyl (C=O) groups excluding carboxylic acids is 1. The van der Waals surface area contributed by atoms with Crippen molar-refractivity contribution in [2.75, 3.05) is 19.5 Å². The topological polar surface area (TPSA) is 78.3 Å². The first kappa shape index (κ1) is 19.9. The Morgan fingerprint density at radius 3 is 2.67 bits per heavy atom. The van der Waals surface area contributed by atoms with Crippen LogP contribution in [0, 0.1) is 13.8 Å². The van der Waals surface area contributed by atoms with Gasteiger partial charge in [-0.25, -0.2) is 4.98 Å². The fraction of sp³-hybridized carbons (Fsp3) is 0.227. The minimum absolute atomic E-state index is 0.122. The van der Waals surface area contributed by atoms with Crippen LogP contribution in [0.2, 0.25) is 0 Å². The summed E-state index contributed by atoms with van der Waals surface area (Å²) in [6, 6.07) is 13.3. The van der Waals surface area contributed by atoms with Crippen LogP contribution in [0.25, 0.3) is 15.3 Å². The van der Waals surface area contributed by atoms with Crippen molar-refractivity contribution in [3.63, 3.8) is 0 Å². The molecule has 0 atom stereocenters. The molecule has 0 unspecified atom stereocenters. The van der Waals surface area contributed by atoms with Crippen LogP contribution in [0.1, 0.15) is 16.8 Å². The van der Waals surface area contributed by atoms with Crippen molar-refractivity contribution in [1.29, 1.82) is 0 Å². The third-order valence-corrected chi connectivity index (χ3v) is 5.68. The van der Waals surface area contributed by atoms with E-state index < -0.39 is 0 Å². The summed E-state index contributed by atoms with van der Waals surface area (Å²) >= 11 is 1.49. The number of anilines is 1. The van der Waals surface area contributed by atoms with Crippen LogP contribution in [0.15, 0.2) is 42.5 Å². The highest BCUT2D eigenvalue weighted by Gasteiger charge is 2.15. The van der Waals surface area contributed by atoms with Crippen LogP contribution in [0.5, 0.6) is 11.5 Å². The first-order valence-corrected chi connectivity index (χ1v) is 10.2. The SMILES string of the molecule is COc1ccc2nc(-n3nc(C)cc3NC(=O)Cc3ccc(OC)c(C)c3)sc2c1. The molecule has 1 amide bonds. The van der Waals surface area contributed by atoms with Gasteiger partial charge >= 0.3 is 0 Å². The molecule has 154 valence electrons. The molecule has 0 spiro atoms. The van der Waals surface area contributed by atoms with Gasteiger partial charge in [-0.05, 0) is 49.2 Å². The zero-order valence-corrected chi connectivity index (χ0v) is 18.0. The van der Waals surface area contributed by atoms with E-state index in [0.717, 1.165) is 38.5 Å². The van der Waals surface area contributed by atoms with Gasteiger partial charge < -0.3 is 14.8 Å². The summed E-state index contributed by atoms with van der Waals surface area (Å²) in [5, 5.41) is 8.17. The molecule has 2 aromatic carbocycles. The summed E-state index contributed by atoms with van der Waals surface area (Å²) in [5.41, 5.74) is 3.56. The lowest BCUT2D eigenvalue weighted by Crippen LogP contribution is -2.17. The lowest BCUT2D eigenvalue weighted by Gasteiger charge is -2.09. The average Bonchev–Trinajstić information content (AvgIpc) is 3.30. The highest BCUT2D eigenvalue weighted by atomic mass is 32.1. The molecule has 4 aromatic rings. The smallest absolute Gasteiger partial charge is 0.229 e. The molecule has 8 heteroatoms. The maximum absolute atomic E-state index is 12.7. The summed E-state index contributed by atoms with van der Waals surface area (Å²) in [7, 11) is 3.27. The highest BCUT2D eigenvalue weighted by molar-refractivity contribution is 7.20. The second-order valence-electron chi connectivity index (χ2n) is 6.94. The Bertz CT molecular complexity index is 1230. The molecule has 0 saturated heterocycles. The van der Waals surface area contributed by atoms with Crippen LogP contribution >= 0.6 is 11.3 Å². The normalized spacial score (nSPS) is 10.9. The zero-order valence-electron chi connectivity index (χ0n) is 17.2. The van der Waals surface area contributed by atoms with Crippen LogP contribution < -0.4 is 14.8 Å². The number of carbonyl (C=O) groups is 1. The molecule has 0 saturated carbocycles. The zero-order chi connectivity index (χ0) is 21.3. The summed E-state index contributed by atoms with van der Waals surface area (Å²) in [6.45, 7) is 3.84. The van der Waals surface area contributed by atoms with Crippen molar-refractivity contribution in [3.05, 3.63) is 59.3 Å². The van der Waals surface area contributed by atoms with E-state index in [0.29, 0.717) is 10.9 Å².